The molecule has 0 aliphatic rings. The fraction of sp³-hybridized carbons (Fsp3) is 0.286. The van der Waals surface area contributed by atoms with Gasteiger partial charge in [0.25, 0.3) is 5.19 Å². The van der Waals surface area contributed by atoms with E-state index in [4.69, 9.17) is 22.1 Å². The van der Waals surface area contributed by atoms with Gasteiger partial charge >= 0.3 is 12.7 Å². The molecule has 170 valence electrons. The highest BCUT2D eigenvalue weighted by Crippen LogP contribution is 2.41. The zero-order valence-corrected chi connectivity index (χ0v) is 18.9. The molecule has 2 heterocycles. The summed E-state index contributed by atoms with van der Waals surface area (Å²) in [6, 6.07) is 8.00. The summed E-state index contributed by atoms with van der Waals surface area (Å²) < 4.78 is 35.3. The molecule has 3 aromatic rings. The molecule has 11 heteroatoms. The van der Waals surface area contributed by atoms with Crippen LogP contribution < -0.4 is 15.2 Å². The van der Waals surface area contributed by atoms with E-state index >= 15 is 0 Å². The number of aliphatic hydroxyl groups is 1. The van der Waals surface area contributed by atoms with E-state index in [1.54, 1.807) is 24.3 Å². The maximum absolute atomic E-state index is 12.9. The molecule has 0 saturated heterocycles. The lowest BCUT2D eigenvalue weighted by Crippen LogP contribution is -2.18. The highest BCUT2D eigenvalue weighted by molar-refractivity contribution is 7.13. The quantitative estimate of drug-likeness (QED) is 0.492. The van der Waals surface area contributed by atoms with Gasteiger partial charge < -0.3 is 20.3 Å². The van der Waals surface area contributed by atoms with E-state index in [1.165, 1.54) is 12.3 Å². The van der Waals surface area contributed by atoms with E-state index in [9.17, 15) is 18.7 Å². The largest absolute Gasteiger partial charge is 0.416 e. The number of alkyl halides is 2. The number of aliphatic hydroxyl groups excluding tert-OH is 1. The maximum atomic E-state index is 12.9. The van der Waals surface area contributed by atoms with E-state index in [1.807, 2.05) is 20.8 Å². The third kappa shape index (κ3) is 5.50. The number of amides is 1. The summed E-state index contributed by atoms with van der Waals surface area (Å²) in [5.41, 5.74) is 6.06. The predicted octanol–water partition coefficient (Wildman–Crippen LogP) is 5.30. The van der Waals surface area contributed by atoms with Crippen LogP contribution in [0.5, 0.6) is 11.1 Å². The van der Waals surface area contributed by atoms with Gasteiger partial charge in [0.05, 0.1) is 10.6 Å². The van der Waals surface area contributed by atoms with Gasteiger partial charge in [-0.15, -0.1) is 0 Å². The summed E-state index contributed by atoms with van der Waals surface area (Å²) in [5.74, 6) is -0.309. The van der Waals surface area contributed by atoms with Crippen LogP contribution in [0.1, 0.15) is 43.0 Å². The molecular formula is C21H20ClF2N3O4S. The number of carbonyl (C=O) groups is 1. The van der Waals surface area contributed by atoms with Crippen molar-refractivity contribution in [3.8, 4) is 22.2 Å². The molecule has 7 nitrogen and oxygen atoms in total. The molecule has 0 fully saturated rings. The van der Waals surface area contributed by atoms with Gasteiger partial charge in [0.15, 0.2) is 0 Å². The number of primary amides is 1. The highest BCUT2D eigenvalue weighted by Gasteiger charge is 2.30. The lowest BCUT2D eigenvalue weighted by Gasteiger charge is -2.20. The minimum Gasteiger partial charge on any atom is -0.416 e. The molecule has 2 aromatic heterocycles. The molecule has 1 aromatic carbocycles. The van der Waals surface area contributed by atoms with Crippen LogP contribution in [0.3, 0.4) is 0 Å². The molecular weight excluding hydrogens is 464 g/mol. The Kier molecular flexibility index (Phi) is 6.97. The van der Waals surface area contributed by atoms with Gasteiger partial charge in [-0.3, -0.25) is 0 Å². The van der Waals surface area contributed by atoms with Crippen LogP contribution in [-0.4, -0.2) is 27.8 Å². The SMILES string of the molecule is CC(C)(C)c1nc(OC(N)=O)sc1C(O)c1cnc(OC(F)F)c(-c2cccc(Cl)c2)c1. The van der Waals surface area contributed by atoms with Crippen LogP contribution in [0.2, 0.25) is 5.02 Å². The van der Waals surface area contributed by atoms with Gasteiger partial charge in [0, 0.05) is 27.8 Å². The standard InChI is InChI=1S/C21H20ClF2N3O4S/c1-21(2,3)16-15(32-20(27-16)31-19(25)29)14(28)11-8-13(10-5-4-6-12(22)7-10)17(26-9-11)30-18(23)24/h4-9,14,18,28H,1-3H3,(H2,25,29). The fourth-order valence-corrected chi connectivity index (χ4v) is 4.31. The van der Waals surface area contributed by atoms with Gasteiger partial charge in [-0.25, -0.2) is 14.8 Å². The van der Waals surface area contributed by atoms with Crippen molar-refractivity contribution in [3.63, 3.8) is 0 Å². The second-order valence-electron chi connectivity index (χ2n) is 7.78. The maximum Gasteiger partial charge on any atom is 0.411 e. The monoisotopic (exact) mass is 483 g/mol. The molecule has 0 bridgehead atoms. The number of pyridine rings is 1. The molecule has 1 amide bonds. The molecule has 0 radical (unpaired) electrons. The number of benzene rings is 1. The second-order valence-corrected chi connectivity index (χ2v) is 9.21. The van der Waals surface area contributed by atoms with Gasteiger partial charge in [-0.1, -0.05) is 55.8 Å². The van der Waals surface area contributed by atoms with Gasteiger partial charge in [0.1, 0.15) is 6.10 Å². The summed E-state index contributed by atoms with van der Waals surface area (Å²) in [5, 5.41) is 11.5. The Hall–Kier alpha value is -2.82. The molecule has 0 aliphatic heterocycles. The van der Waals surface area contributed by atoms with Gasteiger partial charge in [-0.2, -0.15) is 8.78 Å². The Labute approximate surface area is 191 Å². The van der Waals surface area contributed by atoms with Gasteiger partial charge in [0.2, 0.25) is 5.88 Å². The van der Waals surface area contributed by atoms with Crippen LogP contribution in [-0.2, 0) is 5.41 Å². The summed E-state index contributed by atoms with van der Waals surface area (Å²) in [6.07, 6.45) is -1.03. The molecule has 0 aliphatic carbocycles. The minimum absolute atomic E-state index is 0.0165. The van der Waals surface area contributed by atoms with E-state index < -0.39 is 24.2 Å². The Morgan fingerprint density at radius 3 is 2.59 bits per heavy atom. The van der Waals surface area contributed by atoms with Crippen molar-refractivity contribution in [2.24, 2.45) is 5.73 Å². The van der Waals surface area contributed by atoms with Crippen LogP contribution in [0, 0.1) is 0 Å². The van der Waals surface area contributed by atoms with E-state index in [2.05, 4.69) is 14.7 Å². The first kappa shape index (κ1) is 23.8. The first-order chi connectivity index (χ1) is 15.0. The van der Waals surface area contributed by atoms with Crippen molar-refractivity contribution >= 4 is 29.0 Å². The number of rotatable bonds is 6. The number of hydrogen-bond acceptors (Lipinski definition) is 7. The Morgan fingerprint density at radius 1 is 1.28 bits per heavy atom. The number of halogens is 3. The van der Waals surface area contributed by atoms with Crippen molar-refractivity contribution in [3.05, 3.63) is 57.7 Å². The molecule has 3 rings (SSSR count). The third-order valence-corrected chi connectivity index (χ3v) is 5.53. The molecule has 0 saturated carbocycles. The highest BCUT2D eigenvalue weighted by atomic mass is 35.5. The zero-order valence-electron chi connectivity index (χ0n) is 17.3. The van der Waals surface area contributed by atoms with Crippen LogP contribution in [0.4, 0.5) is 13.6 Å². The molecule has 3 N–H and O–H groups in total. The second kappa shape index (κ2) is 9.35. The number of nitrogens with zero attached hydrogens (tertiary/aromatic N) is 2. The summed E-state index contributed by atoms with van der Waals surface area (Å²) in [7, 11) is 0. The van der Waals surface area contributed by atoms with Crippen LogP contribution >= 0.6 is 22.9 Å². The molecule has 32 heavy (non-hydrogen) atoms. The smallest absolute Gasteiger partial charge is 0.411 e. The number of carbonyl (C=O) groups excluding carboxylic acids is 1. The van der Waals surface area contributed by atoms with Crippen LogP contribution in [0.15, 0.2) is 36.5 Å². The Balaban J connectivity index is 2.11. The third-order valence-electron chi connectivity index (χ3n) is 4.30. The number of thiazole rings is 1. The zero-order chi connectivity index (χ0) is 23.6. The molecule has 1 atom stereocenters. The van der Waals surface area contributed by atoms with Crippen molar-refractivity contribution in [1.29, 1.82) is 0 Å². The Morgan fingerprint density at radius 2 is 2.00 bits per heavy atom. The van der Waals surface area contributed by atoms with Crippen molar-refractivity contribution in [2.45, 2.75) is 38.9 Å². The first-order valence-electron chi connectivity index (χ1n) is 9.33. The normalized spacial score (nSPS) is 12.6. The minimum atomic E-state index is -3.08. The lowest BCUT2D eigenvalue weighted by atomic mass is 9.89. The number of nitrogens with two attached hydrogens (primary N) is 1. The number of aromatic nitrogens is 2. The fourth-order valence-electron chi connectivity index (χ4n) is 2.97. The molecule has 0 spiro atoms. The van der Waals surface area contributed by atoms with Crippen molar-refractivity contribution in [2.75, 3.05) is 0 Å². The summed E-state index contributed by atoms with van der Waals surface area (Å²) in [4.78, 5) is 19.8. The van der Waals surface area contributed by atoms with E-state index in [0.29, 0.717) is 26.7 Å². The van der Waals surface area contributed by atoms with Crippen molar-refractivity contribution < 1.29 is 28.2 Å². The first-order valence-corrected chi connectivity index (χ1v) is 10.5. The van der Waals surface area contributed by atoms with E-state index in [0.717, 1.165) is 11.3 Å². The number of ether oxygens (including phenoxy) is 2. The average Bonchev–Trinajstić information content (AvgIpc) is 3.11. The Bertz CT molecular complexity index is 1130. The number of hydrogen-bond donors (Lipinski definition) is 2. The average molecular weight is 484 g/mol. The summed E-state index contributed by atoms with van der Waals surface area (Å²) in [6.45, 7) is 2.55. The topological polar surface area (TPSA) is 108 Å². The lowest BCUT2D eigenvalue weighted by molar-refractivity contribution is -0.0524. The van der Waals surface area contributed by atoms with Crippen LogP contribution in [0.25, 0.3) is 11.1 Å². The van der Waals surface area contributed by atoms with E-state index in [-0.39, 0.29) is 16.6 Å². The van der Waals surface area contributed by atoms with Crippen molar-refractivity contribution in [1.82, 2.24) is 9.97 Å². The predicted molar refractivity (Wildman–Crippen MR) is 116 cm³/mol. The molecule has 1 unspecified atom stereocenters. The summed E-state index contributed by atoms with van der Waals surface area (Å²) >= 11 is 7.00. The van der Waals surface area contributed by atoms with Gasteiger partial charge in [-0.05, 0) is 23.8 Å².